The first-order valence-electron chi connectivity index (χ1n) is 6.37. The number of aliphatic carboxylic acids is 1. The molecule has 0 atom stereocenters. The molecule has 0 aromatic heterocycles. The molecule has 0 saturated heterocycles. The number of anilines is 1. The third-order valence-corrected chi connectivity index (χ3v) is 2.84. The van der Waals surface area contributed by atoms with Gasteiger partial charge in [-0.25, -0.2) is 4.79 Å². The van der Waals surface area contributed by atoms with Gasteiger partial charge in [0.15, 0.2) is 0 Å². The van der Waals surface area contributed by atoms with Gasteiger partial charge in [0, 0.05) is 18.8 Å². The number of carboxylic acid groups (broad SMARTS) is 1. The van der Waals surface area contributed by atoms with Crippen LogP contribution in [0.5, 0.6) is 0 Å². The summed E-state index contributed by atoms with van der Waals surface area (Å²) in [7, 11) is 1.85. The van der Waals surface area contributed by atoms with Gasteiger partial charge in [-0.3, -0.25) is 4.79 Å². The van der Waals surface area contributed by atoms with Crippen LogP contribution in [-0.4, -0.2) is 30.7 Å². The zero-order valence-electron chi connectivity index (χ0n) is 12.0. The van der Waals surface area contributed by atoms with Crippen LogP contribution in [0.15, 0.2) is 24.3 Å². The van der Waals surface area contributed by atoms with Crippen molar-refractivity contribution < 1.29 is 14.7 Å². The van der Waals surface area contributed by atoms with Crippen LogP contribution < -0.4 is 16.0 Å². The molecule has 6 heteroatoms. The van der Waals surface area contributed by atoms with E-state index in [0.717, 1.165) is 5.56 Å². The van der Waals surface area contributed by atoms with E-state index in [0.29, 0.717) is 12.2 Å². The van der Waals surface area contributed by atoms with Crippen LogP contribution >= 0.6 is 0 Å². The van der Waals surface area contributed by atoms with E-state index in [1.54, 1.807) is 19.9 Å². The number of carboxylic acids is 1. The molecule has 2 amide bonds. The number of rotatable bonds is 6. The SMILES string of the molecule is CNCc1cccc(NC(=O)NCC(C)(C)C(=O)O)c1. The van der Waals surface area contributed by atoms with Crippen molar-refractivity contribution in [1.29, 1.82) is 0 Å². The second-order valence-electron chi connectivity index (χ2n) is 5.23. The summed E-state index contributed by atoms with van der Waals surface area (Å²) in [6.45, 7) is 3.89. The zero-order valence-corrected chi connectivity index (χ0v) is 12.0. The van der Waals surface area contributed by atoms with E-state index in [1.807, 2.05) is 25.2 Å². The molecule has 0 heterocycles. The lowest BCUT2D eigenvalue weighted by molar-refractivity contribution is -0.146. The van der Waals surface area contributed by atoms with Gasteiger partial charge in [-0.15, -0.1) is 0 Å². The Morgan fingerprint density at radius 3 is 2.60 bits per heavy atom. The quantitative estimate of drug-likeness (QED) is 0.637. The molecule has 0 spiro atoms. The minimum Gasteiger partial charge on any atom is -0.481 e. The first kappa shape index (κ1) is 16.0. The van der Waals surface area contributed by atoms with E-state index >= 15 is 0 Å². The summed E-state index contributed by atoms with van der Waals surface area (Å²) in [6, 6.07) is 7.02. The molecule has 6 nitrogen and oxygen atoms in total. The Balaban J connectivity index is 2.54. The third kappa shape index (κ3) is 4.89. The van der Waals surface area contributed by atoms with Gasteiger partial charge >= 0.3 is 12.0 Å². The van der Waals surface area contributed by atoms with Crippen LogP contribution in [0.2, 0.25) is 0 Å². The van der Waals surface area contributed by atoms with Crippen LogP contribution in [0.4, 0.5) is 10.5 Å². The molecule has 0 fully saturated rings. The number of urea groups is 1. The molecule has 0 unspecified atom stereocenters. The van der Waals surface area contributed by atoms with Gasteiger partial charge in [-0.1, -0.05) is 12.1 Å². The first-order chi connectivity index (χ1) is 9.35. The van der Waals surface area contributed by atoms with Gasteiger partial charge in [-0.2, -0.15) is 0 Å². The van der Waals surface area contributed by atoms with E-state index in [-0.39, 0.29) is 6.54 Å². The highest BCUT2D eigenvalue weighted by molar-refractivity contribution is 5.89. The van der Waals surface area contributed by atoms with Gasteiger partial charge < -0.3 is 21.1 Å². The summed E-state index contributed by atoms with van der Waals surface area (Å²) in [5.74, 6) is -0.950. The van der Waals surface area contributed by atoms with Crippen molar-refractivity contribution in [1.82, 2.24) is 10.6 Å². The summed E-state index contributed by atoms with van der Waals surface area (Å²) in [5.41, 5.74) is 0.727. The molecule has 0 aliphatic rings. The Morgan fingerprint density at radius 1 is 1.30 bits per heavy atom. The fourth-order valence-electron chi connectivity index (χ4n) is 1.52. The Labute approximate surface area is 118 Å². The van der Waals surface area contributed by atoms with Crippen LogP contribution in [0.3, 0.4) is 0 Å². The summed E-state index contributed by atoms with van der Waals surface area (Å²) >= 11 is 0. The predicted octanol–water partition coefficient (Wildman–Crippen LogP) is 1.64. The van der Waals surface area contributed by atoms with Crippen molar-refractivity contribution in [3.8, 4) is 0 Å². The molecule has 1 rings (SSSR count). The highest BCUT2D eigenvalue weighted by atomic mass is 16.4. The average Bonchev–Trinajstić information content (AvgIpc) is 2.37. The van der Waals surface area contributed by atoms with Crippen molar-refractivity contribution in [3.63, 3.8) is 0 Å². The van der Waals surface area contributed by atoms with Crippen LogP contribution in [0, 0.1) is 5.41 Å². The molecule has 110 valence electrons. The highest BCUT2D eigenvalue weighted by Crippen LogP contribution is 2.14. The monoisotopic (exact) mass is 279 g/mol. The first-order valence-corrected chi connectivity index (χ1v) is 6.37. The van der Waals surface area contributed by atoms with Crippen molar-refractivity contribution in [2.24, 2.45) is 5.41 Å². The van der Waals surface area contributed by atoms with E-state index in [1.165, 1.54) is 0 Å². The summed E-state index contributed by atoms with van der Waals surface area (Å²) in [4.78, 5) is 22.6. The average molecular weight is 279 g/mol. The maximum absolute atomic E-state index is 11.7. The molecule has 0 aliphatic heterocycles. The molecular formula is C14H21N3O3. The van der Waals surface area contributed by atoms with E-state index in [2.05, 4.69) is 16.0 Å². The molecule has 1 aromatic carbocycles. The topological polar surface area (TPSA) is 90.5 Å². The second-order valence-corrected chi connectivity index (χ2v) is 5.23. The normalized spacial score (nSPS) is 10.9. The van der Waals surface area contributed by atoms with Gasteiger partial charge in [-0.05, 0) is 38.6 Å². The standard InChI is InChI=1S/C14H21N3O3/c1-14(2,12(18)19)9-16-13(20)17-11-6-4-5-10(7-11)8-15-3/h4-7,15H,8-9H2,1-3H3,(H,18,19)(H2,16,17,20). The van der Waals surface area contributed by atoms with E-state index < -0.39 is 17.4 Å². The van der Waals surface area contributed by atoms with E-state index in [9.17, 15) is 9.59 Å². The summed E-state index contributed by atoms with van der Waals surface area (Å²) < 4.78 is 0. The largest absolute Gasteiger partial charge is 0.481 e. The summed E-state index contributed by atoms with van der Waals surface area (Å²) in [5, 5.41) is 17.2. The van der Waals surface area contributed by atoms with Crippen molar-refractivity contribution in [2.75, 3.05) is 18.9 Å². The number of nitrogens with one attached hydrogen (secondary N) is 3. The molecule has 20 heavy (non-hydrogen) atoms. The Morgan fingerprint density at radius 2 is 2.00 bits per heavy atom. The molecule has 1 aromatic rings. The zero-order chi connectivity index (χ0) is 15.2. The van der Waals surface area contributed by atoms with Gasteiger partial charge in [0.2, 0.25) is 0 Å². The van der Waals surface area contributed by atoms with Crippen molar-refractivity contribution in [2.45, 2.75) is 20.4 Å². The van der Waals surface area contributed by atoms with Crippen molar-refractivity contribution in [3.05, 3.63) is 29.8 Å². The number of hydrogen-bond donors (Lipinski definition) is 4. The van der Waals surface area contributed by atoms with Gasteiger partial charge in [0.25, 0.3) is 0 Å². The fraction of sp³-hybridized carbons (Fsp3) is 0.429. The van der Waals surface area contributed by atoms with Gasteiger partial charge in [0.1, 0.15) is 0 Å². The number of carbonyl (C=O) groups is 2. The lowest BCUT2D eigenvalue weighted by Crippen LogP contribution is -2.40. The fourth-order valence-corrected chi connectivity index (χ4v) is 1.52. The summed E-state index contributed by atoms with van der Waals surface area (Å²) in [6.07, 6.45) is 0. The Bertz CT molecular complexity index is 486. The minimum atomic E-state index is -0.995. The minimum absolute atomic E-state index is 0.0599. The lowest BCUT2D eigenvalue weighted by Gasteiger charge is -2.19. The van der Waals surface area contributed by atoms with Gasteiger partial charge in [0.05, 0.1) is 5.41 Å². The molecule has 0 saturated carbocycles. The van der Waals surface area contributed by atoms with Crippen molar-refractivity contribution >= 4 is 17.7 Å². The molecule has 0 radical (unpaired) electrons. The van der Waals surface area contributed by atoms with Crippen LogP contribution in [0.1, 0.15) is 19.4 Å². The van der Waals surface area contributed by atoms with Crippen LogP contribution in [0.25, 0.3) is 0 Å². The lowest BCUT2D eigenvalue weighted by atomic mass is 9.94. The third-order valence-electron chi connectivity index (χ3n) is 2.84. The number of carbonyl (C=O) groups excluding carboxylic acids is 1. The number of benzene rings is 1. The molecule has 0 bridgehead atoms. The maximum atomic E-state index is 11.7. The number of amides is 2. The maximum Gasteiger partial charge on any atom is 0.319 e. The van der Waals surface area contributed by atoms with Crippen LogP contribution in [-0.2, 0) is 11.3 Å². The smallest absolute Gasteiger partial charge is 0.319 e. The molecule has 4 N–H and O–H groups in total. The molecule has 0 aliphatic carbocycles. The Kier molecular flexibility index (Phi) is 5.52. The second kappa shape index (κ2) is 6.91. The Hall–Kier alpha value is -2.08. The molecular weight excluding hydrogens is 258 g/mol. The number of hydrogen-bond acceptors (Lipinski definition) is 3. The highest BCUT2D eigenvalue weighted by Gasteiger charge is 2.27. The van der Waals surface area contributed by atoms with E-state index in [4.69, 9.17) is 5.11 Å². The predicted molar refractivity (Wildman–Crippen MR) is 77.6 cm³/mol.